The van der Waals surface area contributed by atoms with Gasteiger partial charge in [-0.25, -0.2) is 0 Å². The van der Waals surface area contributed by atoms with Gasteiger partial charge < -0.3 is 20.1 Å². The zero-order chi connectivity index (χ0) is 27.5. The third-order valence-electron chi connectivity index (χ3n) is 7.97. The fourth-order valence-electron chi connectivity index (χ4n) is 5.86. The molecule has 2 N–H and O–H groups in total. The average molecular weight is 531 g/mol. The number of piperazine rings is 1. The second-order valence-corrected chi connectivity index (χ2v) is 10.7. The van der Waals surface area contributed by atoms with E-state index in [-0.39, 0.29) is 17.9 Å². The van der Waals surface area contributed by atoms with E-state index in [0.717, 1.165) is 38.4 Å². The Bertz CT molecular complexity index is 1640. The number of amides is 2. The highest BCUT2D eigenvalue weighted by Gasteiger charge is 2.37. The smallest absolute Gasteiger partial charge is 0.245 e. The molecule has 5 aromatic rings. The van der Waals surface area contributed by atoms with Gasteiger partial charge in [-0.1, -0.05) is 91.0 Å². The Kier molecular flexibility index (Phi) is 7.34. The molecule has 0 aliphatic carbocycles. The molecule has 2 atom stereocenters. The predicted molar refractivity (Wildman–Crippen MR) is 160 cm³/mol. The van der Waals surface area contributed by atoms with Gasteiger partial charge in [-0.15, -0.1) is 0 Å². The number of nitrogens with one attached hydrogen (secondary N) is 2. The molecule has 6 rings (SSSR count). The van der Waals surface area contributed by atoms with Crippen LogP contribution in [-0.4, -0.2) is 58.8 Å². The number of para-hydroxylation sites is 1. The second-order valence-electron chi connectivity index (χ2n) is 10.7. The van der Waals surface area contributed by atoms with Crippen LogP contribution in [0.2, 0.25) is 0 Å². The van der Waals surface area contributed by atoms with Crippen molar-refractivity contribution >= 4 is 33.5 Å². The van der Waals surface area contributed by atoms with E-state index in [4.69, 9.17) is 0 Å². The Labute approximate surface area is 234 Å². The van der Waals surface area contributed by atoms with Gasteiger partial charge >= 0.3 is 0 Å². The molecule has 0 saturated carbocycles. The molecule has 0 spiro atoms. The van der Waals surface area contributed by atoms with Gasteiger partial charge in [0.05, 0.1) is 6.04 Å². The molecule has 202 valence electrons. The number of fused-ring (bicyclic) bond motifs is 2. The summed E-state index contributed by atoms with van der Waals surface area (Å²) in [5.41, 5.74) is 4.27. The van der Waals surface area contributed by atoms with Crippen LogP contribution >= 0.6 is 0 Å². The highest BCUT2D eigenvalue weighted by atomic mass is 16.2. The van der Waals surface area contributed by atoms with Crippen LogP contribution in [0.15, 0.2) is 103 Å². The van der Waals surface area contributed by atoms with Crippen LogP contribution in [-0.2, 0) is 29.0 Å². The van der Waals surface area contributed by atoms with Gasteiger partial charge in [-0.2, -0.15) is 0 Å². The van der Waals surface area contributed by atoms with Crippen molar-refractivity contribution in [3.8, 4) is 0 Å². The number of benzene rings is 4. The molecule has 1 aliphatic rings. The molecule has 1 fully saturated rings. The minimum absolute atomic E-state index is 0.0243. The van der Waals surface area contributed by atoms with Crippen LogP contribution in [0.3, 0.4) is 0 Å². The molecule has 0 bridgehead atoms. The minimum Gasteiger partial charge on any atom is -0.361 e. The van der Waals surface area contributed by atoms with E-state index < -0.39 is 6.04 Å². The summed E-state index contributed by atoms with van der Waals surface area (Å²) in [6.45, 7) is 1.63. The maximum atomic E-state index is 14.1. The van der Waals surface area contributed by atoms with E-state index >= 15 is 0 Å². The van der Waals surface area contributed by atoms with E-state index in [0.29, 0.717) is 32.5 Å². The summed E-state index contributed by atoms with van der Waals surface area (Å²) >= 11 is 0. The summed E-state index contributed by atoms with van der Waals surface area (Å²) in [6, 6.07) is 31.7. The van der Waals surface area contributed by atoms with Crippen molar-refractivity contribution < 1.29 is 9.59 Å². The van der Waals surface area contributed by atoms with Gasteiger partial charge in [0.2, 0.25) is 11.8 Å². The molecular weight excluding hydrogens is 496 g/mol. The van der Waals surface area contributed by atoms with Crippen molar-refractivity contribution in [1.29, 1.82) is 0 Å². The number of hydrogen-bond acceptors (Lipinski definition) is 3. The Balaban J connectivity index is 1.28. The van der Waals surface area contributed by atoms with Crippen LogP contribution in [0, 0.1) is 0 Å². The zero-order valence-electron chi connectivity index (χ0n) is 22.7. The van der Waals surface area contributed by atoms with Crippen LogP contribution < -0.4 is 5.32 Å². The van der Waals surface area contributed by atoms with Crippen molar-refractivity contribution in [1.82, 2.24) is 20.1 Å². The van der Waals surface area contributed by atoms with E-state index in [1.807, 2.05) is 78.8 Å². The fourth-order valence-corrected chi connectivity index (χ4v) is 5.86. The maximum Gasteiger partial charge on any atom is 0.245 e. The van der Waals surface area contributed by atoms with E-state index in [9.17, 15) is 9.59 Å². The lowest BCUT2D eigenvalue weighted by Crippen LogP contribution is -2.62. The van der Waals surface area contributed by atoms with Crippen molar-refractivity contribution in [2.24, 2.45) is 0 Å². The first-order valence-electron chi connectivity index (χ1n) is 13.9. The minimum atomic E-state index is -0.588. The Hall–Kier alpha value is -4.42. The molecule has 2 heterocycles. The van der Waals surface area contributed by atoms with Crippen LogP contribution in [0.5, 0.6) is 0 Å². The Morgan fingerprint density at radius 3 is 2.52 bits per heavy atom. The van der Waals surface area contributed by atoms with Crippen LogP contribution in [0.25, 0.3) is 21.7 Å². The molecule has 6 heteroatoms. The zero-order valence-corrected chi connectivity index (χ0v) is 22.7. The largest absolute Gasteiger partial charge is 0.361 e. The van der Waals surface area contributed by atoms with Crippen molar-refractivity contribution in [2.45, 2.75) is 31.5 Å². The molecule has 1 aliphatic heterocycles. The number of aromatic nitrogens is 1. The van der Waals surface area contributed by atoms with E-state index in [1.165, 1.54) is 0 Å². The summed E-state index contributed by atoms with van der Waals surface area (Å²) in [6.07, 6.45) is 3.02. The highest BCUT2D eigenvalue weighted by Crippen LogP contribution is 2.23. The molecule has 0 radical (unpaired) electrons. The molecule has 1 aromatic heterocycles. The summed E-state index contributed by atoms with van der Waals surface area (Å²) in [5, 5.41) is 6.84. The Morgan fingerprint density at radius 2 is 1.68 bits per heavy atom. The number of H-pyrrole nitrogens is 1. The number of carbonyl (C=O) groups excluding carboxylic acids is 2. The molecule has 1 unspecified atom stereocenters. The third-order valence-corrected chi connectivity index (χ3v) is 7.97. The van der Waals surface area contributed by atoms with Gasteiger partial charge in [0.25, 0.3) is 0 Å². The number of nitrogens with zero attached hydrogens (tertiary/aromatic N) is 2. The monoisotopic (exact) mass is 530 g/mol. The quantitative estimate of drug-likeness (QED) is 0.299. The summed E-state index contributed by atoms with van der Waals surface area (Å²) in [5.74, 6) is -0.0677. The number of aromatic amines is 1. The van der Waals surface area contributed by atoms with E-state index in [1.54, 1.807) is 4.90 Å². The summed E-state index contributed by atoms with van der Waals surface area (Å²) < 4.78 is 0. The lowest BCUT2D eigenvalue weighted by molar-refractivity contribution is -0.148. The van der Waals surface area contributed by atoms with E-state index in [2.05, 4.69) is 46.7 Å². The van der Waals surface area contributed by atoms with Crippen molar-refractivity contribution in [3.63, 3.8) is 0 Å². The molecule has 6 nitrogen and oxygen atoms in total. The molecule has 40 heavy (non-hydrogen) atoms. The normalized spacial score (nSPS) is 16.4. The first-order chi connectivity index (χ1) is 19.6. The van der Waals surface area contributed by atoms with Crippen LogP contribution in [0.1, 0.15) is 16.7 Å². The standard InChI is InChI=1S/C34H34N4O2/c1-37(23-24-9-3-2-4-10-24)34(40)32(20-25-15-16-26-11-5-6-12-27(26)19-25)38-18-17-35-31(33(38)39)21-28-22-36-30-14-8-7-13-29(28)30/h2-16,19,22,31-32,35-36H,17-18,20-21,23H2,1H3/t31?,32-/m1/s1. The van der Waals surface area contributed by atoms with Crippen molar-refractivity contribution in [3.05, 3.63) is 120 Å². The lowest BCUT2D eigenvalue weighted by Gasteiger charge is -2.39. The van der Waals surface area contributed by atoms with Crippen LogP contribution in [0.4, 0.5) is 0 Å². The molecule has 1 saturated heterocycles. The van der Waals surface area contributed by atoms with Gasteiger partial charge in [-0.05, 0) is 39.9 Å². The SMILES string of the molecule is CN(Cc1ccccc1)C(=O)[C@@H](Cc1ccc2ccccc2c1)N1CCNC(Cc2c[nH]c3ccccc23)C1=O. The maximum absolute atomic E-state index is 14.1. The summed E-state index contributed by atoms with van der Waals surface area (Å²) in [7, 11) is 1.83. The molecule has 2 amide bonds. The first-order valence-corrected chi connectivity index (χ1v) is 13.9. The number of carbonyl (C=O) groups is 2. The second kappa shape index (κ2) is 11.4. The average Bonchev–Trinajstić information content (AvgIpc) is 3.40. The number of likely N-dealkylation sites (N-methyl/N-ethyl adjacent to an activating group) is 1. The van der Waals surface area contributed by atoms with Gasteiger partial charge in [0.15, 0.2) is 0 Å². The lowest BCUT2D eigenvalue weighted by atomic mass is 9.97. The predicted octanol–water partition coefficient (Wildman–Crippen LogP) is 4.93. The summed E-state index contributed by atoms with van der Waals surface area (Å²) in [4.78, 5) is 35.0. The van der Waals surface area contributed by atoms with Gasteiger partial charge in [0.1, 0.15) is 6.04 Å². The fraction of sp³-hybridized carbons (Fsp3) is 0.235. The molecular formula is C34H34N4O2. The highest BCUT2D eigenvalue weighted by molar-refractivity contribution is 5.92. The van der Waals surface area contributed by atoms with Gasteiger partial charge in [-0.3, -0.25) is 9.59 Å². The van der Waals surface area contributed by atoms with Crippen molar-refractivity contribution in [2.75, 3.05) is 20.1 Å². The topological polar surface area (TPSA) is 68.4 Å². The third kappa shape index (κ3) is 5.36. The number of rotatable bonds is 8. The Morgan fingerprint density at radius 1 is 0.925 bits per heavy atom. The molecule has 4 aromatic carbocycles. The van der Waals surface area contributed by atoms with Gasteiger partial charge in [0, 0.05) is 50.2 Å². The number of hydrogen-bond donors (Lipinski definition) is 2. The first kappa shape index (κ1) is 25.8.